The van der Waals surface area contributed by atoms with Crippen molar-refractivity contribution in [1.29, 1.82) is 0 Å². The number of β-lactam (4-membered cyclic amide) rings is 1. The van der Waals surface area contributed by atoms with Crippen molar-refractivity contribution in [1.82, 2.24) is 0 Å². The number of carbonyl (C=O) groups excluding carboxylic acids is 1. The summed E-state index contributed by atoms with van der Waals surface area (Å²) in [6.45, 7) is 1.98. The highest BCUT2D eigenvalue weighted by Gasteiger charge is 2.45. The Balaban J connectivity index is 1.92. The Bertz CT molecular complexity index is 607. The second-order valence-corrected chi connectivity index (χ2v) is 5.05. The normalized spacial score (nSPS) is 21.5. The Kier molecular flexibility index (Phi) is 3.18. The van der Waals surface area contributed by atoms with Crippen LogP contribution < -0.4 is 9.64 Å². The number of rotatable bonds is 3. The van der Waals surface area contributed by atoms with Gasteiger partial charge in [-0.3, -0.25) is 4.79 Å². The topological polar surface area (TPSA) is 29.5 Å². The molecule has 2 aromatic rings. The fraction of sp³-hybridized carbons (Fsp3) is 0.235. The van der Waals surface area contributed by atoms with E-state index in [9.17, 15) is 4.79 Å². The van der Waals surface area contributed by atoms with Gasteiger partial charge in [-0.1, -0.05) is 37.3 Å². The van der Waals surface area contributed by atoms with Gasteiger partial charge in [0.05, 0.1) is 19.1 Å². The molecule has 2 aromatic carbocycles. The van der Waals surface area contributed by atoms with Crippen LogP contribution in [0.25, 0.3) is 0 Å². The molecular weight excluding hydrogens is 250 g/mol. The number of para-hydroxylation sites is 1. The van der Waals surface area contributed by atoms with E-state index in [-0.39, 0.29) is 17.9 Å². The number of anilines is 1. The van der Waals surface area contributed by atoms with E-state index >= 15 is 0 Å². The molecule has 0 N–H and O–H groups in total. The van der Waals surface area contributed by atoms with Crippen molar-refractivity contribution in [3.63, 3.8) is 0 Å². The summed E-state index contributed by atoms with van der Waals surface area (Å²) < 4.78 is 5.18. The van der Waals surface area contributed by atoms with Crippen LogP contribution >= 0.6 is 0 Å². The largest absolute Gasteiger partial charge is 0.497 e. The van der Waals surface area contributed by atoms with E-state index in [4.69, 9.17) is 4.74 Å². The van der Waals surface area contributed by atoms with Crippen molar-refractivity contribution >= 4 is 11.6 Å². The second kappa shape index (κ2) is 5.00. The Morgan fingerprint density at radius 2 is 1.65 bits per heavy atom. The average Bonchev–Trinajstić information content (AvgIpc) is 2.52. The minimum Gasteiger partial charge on any atom is -0.497 e. The van der Waals surface area contributed by atoms with Gasteiger partial charge in [-0.05, 0) is 29.8 Å². The van der Waals surface area contributed by atoms with Crippen LogP contribution in [-0.4, -0.2) is 13.0 Å². The molecule has 3 nitrogen and oxygen atoms in total. The molecule has 0 unspecified atom stereocenters. The number of ether oxygens (including phenoxy) is 1. The number of benzene rings is 2. The summed E-state index contributed by atoms with van der Waals surface area (Å²) in [6.07, 6.45) is 0. The Morgan fingerprint density at radius 3 is 2.25 bits per heavy atom. The van der Waals surface area contributed by atoms with Crippen molar-refractivity contribution in [3.8, 4) is 5.75 Å². The zero-order valence-electron chi connectivity index (χ0n) is 11.6. The predicted octanol–water partition coefficient (Wildman–Crippen LogP) is 3.42. The van der Waals surface area contributed by atoms with Crippen molar-refractivity contribution in [2.45, 2.75) is 13.0 Å². The van der Waals surface area contributed by atoms with E-state index in [0.717, 1.165) is 17.0 Å². The van der Waals surface area contributed by atoms with E-state index in [1.54, 1.807) is 7.11 Å². The summed E-state index contributed by atoms with van der Waals surface area (Å²) in [6, 6.07) is 17.9. The molecule has 20 heavy (non-hydrogen) atoms. The predicted molar refractivity (Wildman–Crippen MR) is 78.8 cm³/mol. The van der Waals surface area contributed by atoms with Gasteiger partial charge in [0, 0.05) is 5.69 Å². The lowest BCUT2D eigenvalue weighted by Crippen LogP contribution is -2.54. The molecule has 3 heteroatoms. The first-order valence-electron chi connectivity index (χ1n) is 6.74. The molecule has 1 aliphatic rings. The zero-order chi connectivity index (χ0) is 14.1. The molecule has 2 atom stereocenters. The molecule has 3 rings (SSSR count). The summed E-state index contributed by atoms with van der Waals surface area (Å²) in [5, 5.41) is 0. The van der Waals surface area contributed by atoms with Crippen LogP contribution in [0.2, 0.25) is 0 Å². The number of nitrogens with zero attached hydrogens (tertiary/aromatic N) is 1. The van der Waals surface area contributed by atoms with Crippen molar-refractivity contribution in [2.24, 2.45) is 5.92 Å². The first kappa shape index (κ1) is 12.7. The highest BCUT2D eigenvalue weighted by Crippen LogP contribution is 2.43. The van der Waals surface area contributed by atoms with Crippen LogP contribution in [-0.2, 0) is 4.79 Å². The van der Waals surface area contributed by atoms with E-state index in [2.05, 4.69) is 0 Å². The molecule has 1 saturated heterocycles. The van der Waals surface area contributed by atoms with Gasteiger partial charge in [-0.15, -0.1) is 0 Å². The molecular formula is C17H17NO2. The van der Waals surface area contributed by atoms with Crippen LogP contribution in [0.4, 0.5) is 5.69 Å². The van der Waals surface area contributed by atoms with E-state index in [0.29, 0.717) is 0 Å². The van der Waals surface area contributed by atoms with Crippen molar-refractivity contribution in [2.75, 3.05) is 12.0 Å². The maximum Gasteiger partial charge on any atom is 0.232 e. The van der Waals surface area contributed by atoms with Gasteiger partial charge in [0.15, 0.2) is 0 Å². The fourth-order valence-corrected chi connectivity index (χ4v) is 2.75. The molecule has 1 heterocycles. The van der Waals surface area contributed by atoms with Gasteiger partial charge in [-0.25, -0.2) is 0 Å². The van der Waals surface area contributed by atoms with Crippen LogP contribution in [0.3, 0.4) is 0 Å². The van der Waals surface area contributed by atoms with Gasteiger partial charge < -0.3 is 9.64 Å². The average molecular weight is 267 g/mol. The molecule has 1 amide bonds. The lowest BCUT2D eigenvalue weighted by atomic mass is 9.83. The maximum absolute atomic E-state index is 12.2. The van der Waals surface area contributed by atoms with E-state index in [1.165, 1.54) is 0 Å². The van der Waals surface area contributed by atoms with Crippen LogP contribution in [0.1, 0.15) is 18.5 Å². The van der Waals surface area contributed by atoms with Crippen molar-refractivity contribution in [3.05, 3.63) is 60.2 Å². The quantitative estimate of drug-likeness (QED) is 0.797. The summed E-state index contributed by atoms with van der Waals surface area (Å²) in [7, 11) is 1.65. The SMILES string of the molecule is COc1ccc([C@@H]2[C@@H](C)C(=O)N2c2ccccc2)cc1. The molecule has 0 radical (unpaired) electrons. The molecule has 1 fully saturated rings. The third-order valence-electron chi connectivity index (χ3n) is 3.87. The van der Waals surface area contributed by atoms with Gasteiger partial charge in [-0.2, -0.15) is 0 Å². The first-order valence-corrected chi connectivity index (χ1v) is 6.74. The standard InChI is InChI=1S/C17H17NO2/c1-12-16(13-8-10-15(20-2)11-9-13)18(17(12)19)14-6-4-3-5-7-14/h3-12,16H,1-2H3/t12-,16+/m1/s1. The fourth-order valence-electron chi connectivity index (χ4n) is 2.75. The third-order valence-corrected chi connectivity index (χ3v) is 3.87. The van der Waals surface area contributed by atoms with Crippen LogP contribution in [0.5, 0.6) is 5.75 Å². The third kappa shape index (κ3) is 1.95. The smallest absolute Gasteiger partial charge is 0.232 e. The lowest BCUT2D eigenvalue weighted by Gasteiger charge is -2.46. The van der Waals surface area contributed by atoms with Crippen molar-refractivity contribution < 1.29 is 9.53 Å². The second-order valence-electron chi connectivity index (χ2n) is 5.05. The lowest BCUT2D eigenvalue weighted by molar-refractivity contribution is -0.129. The van der Waals surface area contributed by atoms with Gasteiger partial charge in [0.1, 0.15) is 5.75 Å². The summed E-state index contributed by atoms with van der Waals surface area (Å²) in [5.74, 6) is 1.03. The van der Waals surface area contributed by atoms with Crippen LogP contribution in [0, 0.1) is 5.92 Å². The van der Waals surface area contributed by atoms with E-state index < -0.39 is 0 Å². The van der Waals surface area contributed by atoms with Gasteiger partial charge >= 0.3 is 0 Å². The molecule has 0 aromatic heterocycles. The summed E-state index contributed by atoms with van der Waals surface area (Å²) in [5.41, 5.74) is 2.10. The summed E-state index contributed by atoms with van der Waals surface area (Å²) in [4.78, 5) is 14.0. The molecule has 0 saturated carbocycles. The zero-order valence-corrected chi connectivity index (χ0v) is 11.6. The van der Waals surface area contributed by atoms with E-state index in [1.807, 2.05) is 66.4 Å². The molecule has 102 valence electrons. The first-order chi connectivity index (χ1) is 9.72. The maximum atomic E-state index is 12.2. The van der Waals surface area contributed by atoms with Gasteiger partial charge in [0.25, 0.3) is 0 Å². The molecule has 0 spiro atoms. The Labute approximate surface area is 118 Å². The molecule has 1 aliphatic heterocycles. The Morgan fingerprint density at radius 1 is 1.00 bits per heavy atom. The number of hydrogen-bond acceptors (Lipinski definition) is 2. The minimum atomic E-state index is 0.0172. The highest BCUT2D eigenvalue weighted by molar-refractivity contribution is 6.02. The minimum absolute atomic E-state index is 0.0172. The highest BCUT2D eigenvalue weighted by atomic mass is 16.5. The number of amides is 1. The van der Waals surface area contributed by atoms with Crippen LogP contribution in [0.15, 0.2) is 54.6 Å². The number of carbonyl (C=O) groups is 1. The monoisotopic (exact) mass is 267 g/mol. The number of hydrogen-bond donors (Lipinski definition) is 0. The molecule has 0 aliphatic carbocycles. The van der Waals surface area contributed by atoms with Gasteiger partial charge in [0.2, 0.25) is 5.91 Å². The number of methoxy groups -OCH3 is 1. The Hall–Kier alpha value is -2.29. The summed E-state index contributed by atoms with van der Waals surface area (Å²) >= 11 is 0. The molecule has 0 bridgehead atoms.